The van der Waals surface area contributed by atoms with Crippen LogP contribution in [0, 0.1) is 19.7 Å². The summed E-state index contributed by atoms with van der Waals surface area (Å²) in [5.41, 5.74) is 3.44. The van der Waals surface area contributed by atoms with E-state index in [0.29, 0.717) is 22.5 Å². The Balaban J connectivity index is 2.09. The van der Waals surface area contributed by atoms with Crippen LogP contribution < -0.4 is 5.14 Å². The van der Waals surface area contributed by atoms with Crippen LogP contribution in [0.2, 0.25) is 0 Å². The summed E-state index contributed by atoms with van der Waals surface area (Å²) in [6.07, 6.45) is 0.480. The molecule has 0 amide bonds. The van der Waals surface area contributed by atoms with Crippen molar-refractivity contribution in [3.8, 4) is 5.69 Å². The third-order valence-electron chi connectivity index (χ3n) is 4.17. The average molecular weight is 500 g/mol. The van der Waals surface area contributed by atoms with Crippen LogP contribution in [-0.4, -0.2) is 23.2 Å². The first-order valence-electron chi connectivity index (χ1n) is 8.08. The van der Waals surface area contributed by atoms with Crippen LogP contribution in [0.4, 0.5) is 4.39 Å². The van der Waals surface area contributed by atoms with Crippen LogP contribution in [-0.2, 0) is 20.9 Å². The maximum absolute atomic E-state index is 14.6. The van der Waals surface area contributed by atoms with Gasteiger partial charge in [-0.1, -0.05) is 46.4 Å². The third kappa shape index (κ3) is 4.36. The average Bonchev–Trinajstić information content (AvgIpc) is 3.00. The van der Waals surface area contributed by atoms with Crippen LogP contribution in [0.3, 0.4) is 0 Å². The molecule has 2 aromatic carbocycles. The van der Waals surface area contributed by atoms with Gasteiger partial charge in [-0.05, 0) is 43.2 Å². The van der Waals surface area contributed by atoms with E-state index < -0.39 is 15.8 Å². The molecule has 2 N–H and O–H groups in total. The van der Waals surface area contributed by atoms with E-state index in [1.165, 1.54) is 16.8 Å². The number of nitrogens with two attached hydrogens (primary N) is 1. The molecule has 1 heterocycles. The van der Waals surface area contributed by atoms with E-state index in [-0.39, 0.29) is 10.6 Å². The number of alkyl halides is 1. The number of aryl methyl sites for hydroxylation is 2. The quantitative estimate of drug-likeness (QED) is 0.431. The zero-order valence-electron chi connectivity index (χ0n) is 14.8. The highest BCUT2D eigenvalue weighted by molar-refractivity contribution is 14.1. The summed E-state index contributed by atoms with van der Waals surface area (Å²) in [6, 6.07) is 9.65. The van der Waals surface area contributed by atoms with E-state index in [1.54, 1.807) is 0 Å². The number of hydrogen-bond acceptors (Lipinski definition) is 4. The highest BCUT2D eigenvalue weighted by Crippen LogP contribution is 2.22. The summed E-state index contributed by atoms with van der Waals surface area (Å²) in [5.74, 6) is 0.428. The molecule has 0 aliphatic heterocycles. The van der Waals surface area contributed by atoms with Gasteiger partial charge in [0.15, 0.2) is 5.82 Å². The number of aromatic nitrogens is 3. The van der Waals surface area contributed by atoms with E-state index in [4.69, 9.17) is 5.14 Å². The lowest BCUT2D eigenvalue weighted by atomic mass is 10.0. The molecule has 0 spiro atoms. The molecule has 0 radical (unpaired) electrons. The van der Waals surface area contributed by atoms with Gasteiger partial charge in [0.25, 0.3) is 0 Å². The predicted octanol–water partition coefficient (Wildman–Crippen LogP) is 3.20. The van der Waals surface area contributed by atoms with Crippen molar-refractivity contribution in [2.45, 2.75) is 29.6 Å². The molecule has 0 aliphatic rings. The van der Waals surface area contributed by atoms with Gasteiger partial charge in [0, 0.05) is 6.42 Å². The molecular weight excluding hydrogens is 482 g/mol. The summed E-state index contributed by atoms with van der Waals surface area (Å²) in [4.78, 5) is 4.23. The zero-order chi connectivity index (χ0) is 19.8. The molecule has 142 valence electrons. The monoisotopic (exact) mass is 500 g/mol. The number of rotatable bonds is 5. The first-order chi connectivity index (χ1) is 12.7. The summed E-state index contributed by atoms with van der Waals surface area (Å²) in [5, 5.41) is 9.45. The van der Waals surface area contributed by atoms with Crippen molar-refractivity contribution in [1.82, 2.24) is 14.8 Å². The number of halogens is 2. The molecule has 27 heavy (non-hydrogen) atoms. The van der Waals surface area contributed by atoms with Crippen molar-refractivity contribution in [2.24, 2.45) is 5.14 Å². The van der Waals surface area contributed by atoms with Crippen molar-refractivity contribution in [2.75, 3.05) is 0 Å². The predicted molar refractivity (Wildman–Crippen MR) is 109 cm³/mol. The van der Waals surface area contributed by atoms with Gasteiger partial charge in [0.05, 0.1) is 9.32 Å². The van der Waals surface area contributed by atoms with Gasteiger partial charge in [0.2, 0.25) is 10.0 Å². The summed E-state index contributed by atoms with van der Waals surface area (Å²) >= 11 is 2.14. The standard InChI is InChI=1S/C18H18FIN4O2S/c1-11-3-4-12(2)13(7-11)8-18-22-17(10-20)23-24(18)16-6-5-14(9-15(16)19)27(21,25)26/h3-7,9H,8,10H2,1-2H3,(H2,21,25,26). The minimum atomic E-state index is -3.98. The van der Waals surface area contributed by atoms with Crippen LogP contribution in [0.15, 0.2) is 41.3 Å². The molecule has 0 fully saturated rings. The van der Waals surface area contributed by atoms with Crippen molar-refractivity contribution in [1.29, 1.82) is 0 Å². The Hall–Kier alpha value is -1.85. The van der Waals surface area contributed by atoms with Crippen LogP contribution in [0.5, 0.6) is 0 Å². The molecule has 3 rings (SSSR count). The first-order valence-corrected chi connectivity index (χ1v) is 11.2. The van der Waals surface area contributed by atoms with Crippen molar-refractivity contribution < 1.29 is 12.8 Å². The van der Waals surface area contributed by atoms with Gasteiger partial charge < -0.3 is 0 Å². The number of benzene rings is 2. The Bertz CT molecular complexity index is 1110. The maximum atomic E-state index is 14.6. The molecule has 0 aliphatic carbocycles. The van der Waals surface area contributed by atoms with E-state index in [9.17, 15) is 12.8 Å². The molecule has 0 saturated carbocycles. The highest BCUT2D eigenvalue weighted by atomic mass is 127. The summed E-state index contributed by atoms with van der Waals surface area (Å²) in [7, 11) is -3.98. The molecule has 6 nitrogen and oxygen atoms in total. The molecular formula is C18H18FIN4O2S. The summed E-state index contributed by atoms with van der Waals surface area (Å²) in [6.45, 7) is 4.02. The molecule has 0 bridgehead atoms. The van der Waals surface area contributed by atoms with Gasteiger partial charge >= 0.3 is 0 Å². The van der Waals surface area contributed by atoms with Crippen molar-refractivity contribution >= 4 is 32.6 Å². The molecule has 9 heteroatoms. The van der Waals surface area contributed by atoms with Gasteiger partial charge in [0.1, 0.15) is 17.3 Å². The Morgan fingerprint density at radius 1 is 1.19 bits per heavy atom. The van der Waals surface area contributed by atoms with Gasteiger partial charge in [-0.25, -0.2) is 27.6 Å². The van der Waals surface area contributed by atoms with Crippen LogP contribution in [0.25, 0.3) is 5.69 Å². The topological polar surface area (TPSA) is 90.9 Å². The summed E-state index contributed by atoms with van der Waals surface area (Å²) < 4.78 is 39.5. The smallest absolute Gasteiger partial charge is 0.225 e. The lowest BCUT2D eigenvalue weighted by Gasteiger charge is -2.10. The lowest BCUT2D eigenvalue weighted by molar-refractivity contribution is 0.587. The largest absolute Gasteiger partial charge is 0.238 e. The Kier molecular flexibility index (Phi) is 5.63. The lowest BCUT2D eigenvalue weighted by Crippen LogP contribution is -2.13. The number of sulfonamides is 1. The van der Waals surface area contributed by atoms with Crippen LogP contribution >= 0.6 is 22.6 Å². The highest BCUT2D eigenvalue weighted by Gasteiger charge is 2.18. The molecule has 0 atom stereocenters. The second kappa shape index (κ2) is 7.64. The Labute approximate surface area is 170 Å². The molecule has 3 aromatic rings. The fourth-order valence-corrected chi connectivity index (χ4v) is 3.60. The van der Waals surface area contributed by atoms with Gasteiger partial charge in [-0.3, -0.25) is 0 Å². The van der Waals surface area contributed by atoms with Crippen molar-refractivity contribution in [3.63, 3.8) is 0 Å². The van der Waals surface area contributed by atoms with Crippen LogP contribution in [0.1, 0.15) is 28.3 Å². The number of hydrogen-bond donors (Lipinski definition) is 1. The SMILES string of the molecule is Cc1ccc(C)c(Cc2nc(CI)nn2-c2ccc(S(N)(=O)=O)cc2F)c1. The second-order valence-electron chi connectivity index (χ2n) is 6.25. The van der Waals surface area contributed by atoms with E-state index in [1.807, 2.05) is 26.0 Å². The normalized spacial score (nSPS) is 11.7. The number of nitrogens with zero attached hydrogens (tertiary/aromatic N) is 3. The minimum Gasteiger partial charge on any atom is -0.225 e. The fraction of sp³-hybridized carbons (Fsp3) is 0.222. The number of primary sulfonamides is 1. The molecule has 0 saturated heterocycles. The Morgan fingerprint density at radius 3 is 2.56 bits per heavy atom. The maximum Gasteiger partial charge on any atom is 0.238 e. The Morgan fingerprint density at radius 2 is 1.93 bits per heavy atom. The molecule has 1 aromatic heterocycles. The van der Waals surface area contributed by atoms with Gasteiger partial charge in [-0.2, -0.15) is 5.10 Å². The van der Waals surface area contributed by atoms with E-state index >= 15 is 0 Å². The van der Waals surface area contributed by atoms with Crippen molar-refractivity contribution in [3.05, 3.63) is 70.6 Å². The third-order valence-corrected chi connectivity index (χ3v) is 5.76. The first kappa shape index (κ1) is 19.9. The van der Waals surface area contributed by atoms with Gasteiger partial charge in [-0.15, -0.1) is 0 Å². The second-order valence-corrected chi connectivity index (χ2v) is 8.58. The van der Waals surface area contributed by atoms with E-state index in [2.05, 4.69) is 38.7 Å². The minimum absolute atomic E-state index is 0.131. The zero-order valence-corrected chi connectivity index (χ0v) is 17.8. The molecule has 0 unspecified atom stereocenters. The van der Waals surface area contributed by atoms with E-state index in [0.717, 1.165) is 22.8 Å². The fourth-order valence-electron chi connectivity index (χ4n) is 2.75.